The Balaban J connectivity index is 0.00000210. The Morgan fingerprint density at radius 2 is 1.96 bits per heavy atom. The Kier molecular flexibility index (Phi) is 5.28. The predicted molar refractivity (Wildman–Crippen MR) is 104 cm³/mol. The summed E-state index contributed by atoms with van der Waals surface area (Å²) in [5, 5.41) is 11.8. The molecule has 0 spiro atoms. The summed E-state index contributed by atoms with van der Waals surface area (Å²) in [5.74, 6) is 0.103. The SMILES string of the molecule is Cl.NC(=O)c1ccc2c(c1)CCC2C1COc2ccc(NCC(=O)O)cc21. The van der Waals surface area contributed by atoms with Crippen molar-refractivity contribution in [3.63, 3.8) is 0 Å². The number of primary amides is 1. The largest absolute Gasteiger partial charge is 0.493 e. The second-order valence-corrected chi connectivity index (χ2v) is 6.84. The number of aryl methyl sites for hydroxylation is 1. The van der Waals surface area contributed by atoms with Crippen LogP contribution in [-0.2, 0) is 11.2 Å². The number of fused-ring (bicyclic) bond motifs is 2. The quantitative estimate of drug-likeness (QED) is 0.731. The van der Waals surface area contributed by atoms with Gasteiger partial charge in [-0.15, -0.1) is 12.4 Å². The van der Waals surface area contributed by atoms with Crippen LogP contribution in [0.5, 0.6) is 5.75 Å². The molecule has 1 amide bonds. The lowest BCUT2D eigenvalue weighted by Gasteiger charge is -2.19. The summed E-state index contributed by atoms with van der Waals surface area (Å²) in [6.07, 6.45) is 1.92. The van der Waals surface area contributed by atoms with Crippen molar-refractivity contribution < 1.29 is 19.4 Å². The number of halogens is 1. The minimum absolute atomic E-state index is 0. The van der Waals surface area contributed by atoms with E-state index in [1.54, 1.807) is 6.07 Å². The van der Waals surface area contributed by atoms with Gasteiger partial charge in [-0.25, -0.2) is 0 Å². The van der Waals surface area contributed by atoms with Gasteiger partial charge in [-0.1, -0.05) is 6.07 Å². The van der Waals surface area contributed by atoms with Crippen molar-refractivity contribution in [1.82, 2.24) is 0 Å². The molecule has 2 unspecified atom stereocenters. The van der Waals surface area contributed by atoms with E-state index in [9.17, 15) is 9.59 Å². The highest BCUT2D eigenvalue weighted by molar-refractivity contribution is 5.93. The molecule has 0 saturated heterocycles. The number of amides is 1. The van der Waals surface area contributed by atoms with Gasteiger partial charge in [0.25, 0.3) is 0 Å². The number of anilines is 1. The number of hydrogen-bond donors (Lipinski definition) is 3. The van der Waals surface area contributed by atoms with Crippen molar-refractivity contribution in [2.75, 3.05) is 18.5 Å². The fraction of sp³-hybridized carbons (Fsp3) is 0.300. The van der Waals surface area contributed by atoms with Crippen LogP contribution in [0.2, 0.25) is 0 Å². The summed E-state index contributed by atoms with van der Waals surface area (Å²) >= 11 is 0. The molecular formula is C20H21ClN2O4. The minimum atomic E-state index is -0.895. The van der Waals surface area contributed by atoms with Crippen LogP contribution in [0.3, 0.4) is 0 Å². The average Bonchev–Trinajstić information content (AvgIpc) is 3.22. The second-order valence-electron chi connectivity index (χ2n) is 6.84. The molecule has 7 heteroatoms. The zero-order valence-electron chi connectivity index (χ0n) is 14.6. The normalized spacial score (nSPS) is 19.4. The maximum Gasteiger partial charge on any atom is 0.322 e. The van der Waals surface area contributed by atoms with Gasteiger partial charge in [-0.05, 0) is 60.2 Å². The highest BCUT2D eigenvalue weighted by Gasteiger charge is 2.36. The molecule has 27 heavy (non-hydrogen) atoms. The highest BCUT2D eigenvalue weighted by Crippen LogP contribution is 2.49. The first kappa shape index (κ1) is 19.0. The van der Waals surface area contributed by atoms with Crippen LogP contribution in [0.15, 0.2) is 36.4 Å². The van der Waals surface area contributed by atoms with Crippen molar-refractivity contribution in [2.45, 2.75) is 24.7 Å². The maximum absolute atomic E-state index is 11.4. The molecule has 142 valence electrons. The van der Waals surface area contributed by atoms with Crippen molar-refractivity contribution in [3.8, 4) is 5.75 Å². The monoisotopic (exact) mass is 388 g/mol. The molecule has 1 aliphatic heterocycles. The smallest absolute Gasteiger partial charge is 0.322 e. The Bertz CT molecular complexity index is 900. The first-order chi connectivity index (χ1) is 12.5. The minimum Gasteiger partial charge on any atom is -0.493 e. The molecule has 2 aromatic carbocycles. The van der Waals surface area contributed by atoms with E-state index in [1.165, 1.54) is 11.1 Å². The van der Waals surface area contributed by atoms with Crippen molar-refractivity contribution in [3.05, 3.63) is 58.7 Å². The molecule has 6 nitrogen and oxygen atoms in total. The zero-order chi connectivity index (χ0) is 18.3. The van der Waals surface area contributed by atoms with Crippen LogP contribution in [0.1, 0.15) is 45.3 Å². The first-order valence-corrected chi connectivity index (χ1v) is 8.68. The Morgan fingerprint density at radius 3 is 2.70 bits per heavy atom. The van der Waals surface area contributed by atoms with Crippen LogP contribution >= 0.6 is 12.4 Å². The fourth-order valence-electron chi connectivity index (χ4n) is 4.08. The van der Waals surface area contributed by atoms with Crippen molar-refractivity contribution in [2.24, 2.45) is 5.73 Å². The first-order valence-electron chi connectivity index (χ1n) is 8.68. The number of rotatable bonds is 5. The van der Waals surface area contributed by atoms with Gasteiger partial charge in [0.15, 0.2) is 0 Å². The number of carbonyl (C=O) groups excluding carboxylic acids is 1. The summed E-state index contributed by atoms with van der Waals surface area (Å²) in [6, 6.07) is 11.4. The van der Waals surface area contributed by atoms with Crippen molar-refractivity contribution >= 4 is 30.0 Å². The third-order valence-corrected chi connectivity index (χ3v) is 5.31. The number of carbonyl (C=O) groups is 2. The molecule has 4 rings (SSSR count). The van der Waals surface area contributed by atoms with E-state index >= 15 is 0 Å². The summed E-state index contributed by atoms with van der Waals surface area (Å²) < 4.78 is 5.86. The van der Waals surface area contributed by atoms with Crippen LogP contribution in [0.25, 0.3) is 0 Å². The standard InChI is InChI=1S/C20H20N2O4.ClH/c21-20(25)12-2-4-14-11(7-12)1-5-15(14)17-10-26-18-6-3-13(8-16(17)18)22-9-19(23)24;/h2-4,6-8,15,17,22H,1,5,9-10H2,(H2,21,25)(H,23,24);1H. The third-order valence-electron chi connectivity index (χ3n) is 5.31. The number of nitrogens with one attached hydrogen (secondary N) is 1. The molecule has 2 aromatic rings. The number of nitrogens with two attached hydrogens (primary N) is 1. The number of aliphatic carboxylic acids is 1. The maximum atomic E-state index is 11.4. The summed E-state index contributed by atoms with van der Waals surface area (Å²) in [7, 11) is 0. The van der Waals surface area contributed by atoms with Gasteiger partial charge in [-0.3, -0.25) is 9.59 Å². The Hall–Kier alpha value is -2.73. The van der Waals surface area contributed by atoms with E-state index in [1.807, 2.05) is 30.3 Å². The second kappa shape index (κ2) is 7.48. The molecule has 4 N–H and O–H groups in total. The lowest BCUT2D eigenvalue weighted by atomic mass is 9.83. The van der Waals surface area contributed by atoms with Crippen LogP contribution in [-0.4, -0.2) is 30.1 Å². The predicted octanol–water partition coefficient (Wildman–Crippen LogP) is 2.91. The molecule has 0 bridgehead atoms. The van der Waals surface area contributed by atoms with E-state index in [0.29, 0.717) is 18.1 Å². The van der Waals surface area contributed by atoms with Gasteiger partial charge in [0, 0.05) is 22.7 Å². The fourth-order valence-corrected chi connectivity index (χ4v) is 4.08. The number of hydrogen-bond acceptors (Lipinski definition) is 4. The third kappa shape index (κ3) is 3.57. The average molecular weight is 389 g/mol. The molecule has 2 aliphatic rings. The summed E-state index contributed by atoms with van der Waals surface area (Å²) in [5.41, 5.74) is 10.3. The lowest BCUT2D eigenvalue weighted by Crippen LogP contribution is -2.13. The van der Waals surface area contributed by atoms with Crippen LogP contribution in [0, 0.1) is 0 Å². The van der Waals surface area contributed by atoms with Gasteiger partial charge < -0.3 is 20.9 Å². The Morgan fingerprint density at radius 1 is 1.15 bits per heavy atom. The van der Waals surface area contributed by atoms with Gasteiger partial charge >= 0.3 is 5.97 Å². The molecule has 0 saturated carbocycles. The lowest BCUT2D eigenvalue weighted by molar-refractivity contribution is -0.134. The molecule has 0 fully saturated rings. The molecule has 2 atom stereocenters. The number of benzene rings is 2. The molecule has 1 aliphatic carbocycles. The van der Waals surface area contributed by atoms with E-state index in [2.05, 4.69) is 5.32 Å². The number of carboxylic acid groups (broad SMARTS) is 1. The number of carboxylic acids is 1. The van der Waals surface area contributed by atoms with Crippen LogP contribution in [0.4, 0.5) is 5.69 Å². The van der Waals surface area contributed by atoms with E-state index in [0.717, 1.165) is 29.8 Å². The van der Waals surface area contributed by atoms with E-state index in [4.69, 9.17) is 15.6 Å². The highest BCUT2D eigenvalue weighted by atomic mass is 35.5. The molecule has 0 radical (unpaired) electrons. The van der Waals surface area contributed by atoms with E-state index in [-0.39, 0.29) is 24.9 Å². The topological polar surface area (TPSA) is 102 Å². The van der Waals surface area contributed by atoms with Gasteiger partial charge in [0.05, 0.1) is 6.61 Å². The summed E-state index contributed by atoms with van der Waals surface area (Å²) in [6.45, 7) is 0.492. The number of ether oxygens (including phenoxy) is 1. The zero-order valence-corrected chi connectivity index (χ0v) is 15.4. The molecule has 0 aromatic heterocycles. The molecule has 1 heterocycles. The Labute approximate surface area is 163 Å². The van der Waals surface area contributed by atoms with Gasteiger partial charge in [-0.2, -0.15) is 0 Å². The van der Waals surface area contributed by atoms with E-state index < -0.39 is 11.9 Å². The molecular weight excluding hydrogens is 368 g/mol. The summed E-state index contributed by atoms with van der Waals surface area (Å²) in [4.78, 5) is 22.2. The van der Waals surface area contributed by atoms with Gasteiger partial charge in [0.1, 0.15) is 12.3 Å². The van der Waals surface area contributed by atoms with Crippen molar-refractivity contribution in [1.29, 1.82) is 0 Å². The van der Waals surface area contributed by atoms with Crippen LogP contribution < -0.4 is 15.8 Å². The van der Waals surface area contributed by atoms with Gasteiger partial charge in [0.2, 0.25) is 5.91 Å².